The highest BCUT2D eigenvalue weighted by atomic mass is 19.1. The summed E-state index contributed by atoms with van der Waals surface area (Å²) in [5.41, 5.74) is 2.48. The van der Waals surface area contributed by atoms with E-state index >= 15 is 8.78 Å². The Labute approximate surface area is 361 Å². The van der Waals surface area contributed by atoms with Gasteiger partial charge < -0.3 is 34.5 Å². The van der Waals surface area contributed by atoms with Crippen molar-refractivity contribution in [3.63, 3.8) is 0 Å². The van der Waals surface area contributed by atoms with Gasteiger partial charge in [0, 0.05) is 38.2 Å². The maximum Gasteiger partial charge on any atom is 0.429 e. The van der Waals surface area contributed by atoms with Crippen molar-refractivity contribution in [2.75, 3.05) is 19.7 Å². The average Bonchev–Trinajstić information content (AvgIpc) is 4.04. The monoisotopic (exact) mass is 851 g/mol. The molecule has 0 bridgehead atoms. The lowest BCUT2D eigenvalue weighted by Crippen LogP contribution is -2.60. The summed E-state index contributed by atoms with van der Waals surface area (Å²) in [6, 6.07) is 33.7. The molecule has 5 aromatic rings. The Morgan fingerprint density at radius 2 is 1.37 bits per heavy atom. The van der Waals surface area contributed by atoms with Gasteiger partial charge in [-0.2, -0.15) is 0 Å². The van der Waals surface area contributed by atoms with E-state index in [1.165, 1.54) is 24.3 Å². The van der Waals surface area contributed by atoms with Crippen LogP contribution in [0.4, 0.5) is 18.4 Å². The number of amides is 2. The highest BCUT2D eigenvalue weighted by molar-refractivity contribution is 5.74. The van der Waals surface area contributed by atoms with E-state index in [0.29, 0.717) is 17.7 Å². The van der Waals surface area contributed by atoms with Crippen molar-refractivity contribution in [1.29, 1.82) is 0 Å². The molecule has 0 aromatic heterocycles. The van der Waals surface area contributed by atoms with E-state index in [4.69, 9.17) is 18.9 Å². The van der Waals surface area contributed by atoms with Crippen LogP contribution in [0.2, 0.25) is 0 Å². The number of ether oxygens (including phenoxy) is 4. The van der Waals surface area contributed by atoms with Crippen molar-refractivity contribution in [3.05, 3.63) is 166 Å². The summed E-state index contributed by atoms with van der Waals surface area (Å²) in [6.07, 6.45) is -3.38. The second kappa shape index (κ2) is 20.7. The Hall–Kier alpha value is -6.02. The Bertz CT molecular complexity index is 2250. The number of hydrogen-bond donors (Lipinski definition) is 3. The molecule has 13 heteroatoms. The number of aryl methyl sites for hydroxylation is 1. The fraction of sp³-hybridized carbons (Fsp3) is 0.347. The summed E-state index contributed by atoms with van der Waals surface area (Å²) in [7, 11) is 0. The van der Waals surface area contributed by atoms with Crippen molar-refractivity contribution in [2.24, 2.45) is 0 Å². The predicted octanol–water partition coefficient (Wildman–Crippen LogP) is 9.19. The fourth-order valence-electron chi connectivity index (χ4n) is 7.15. The second-order valence-electron chi connectivity index (χ2n) is 16.4. The number of carboxylic acid groups (broad SMARTS) is 1. The molecule has 0 spiro atoms. The largest absolute Gasteiger partial charge is 0.489 e. The molecule has 1 fully saturated rings. The molecular weight excluding hydrogens is 797 g/mol. The highest BCUT2D eigenvalue weighted by Crippen LogP contribution is 2.44. The number of hydrogen-bond acceptors (Lipinski definition) is 8. The zero-order valence-electron chi connectivity index (χ0n) is 35.6. The van der Waals surface area contributed by atoms with Crippen LogP contribution in [0.15, 0.2) is 121 Å². The Morgan fingerprint density at radius 3 is 1.95 bits per heavy atom. The van der Waals surface area contributed by atoms with Crippen LogP contribution in [-0.4, -0.2) is 69.9 Å². The second-order valence-corrected chi connectivity index (χ2v) is 16.4. The lowest BCUT2D eigenvalue weighted by atomic mass is 9.95. The van der Waals surface area contributed by atoms with Crippen LogP contribution >= 0.6 is 0 Å². The third kappa shape index (κ3) is 13.0. The quantitative estimate of drug-likeness (QED) is 0.0550. The summed E-state index contributed by atoms with van der Waals surface area (Å²) in [5, 5.41) is 27.9. The number of carbonyl (C=O) groups excluding carboxylic acids is 1. The van der Waals surface area contributed by atoms with Gasteiger partial charge in [0.25, 0.3) is 0 Å². The van der Waals surface area contributed by atoms with Crippen LogP contribution in [0.5, 0.6) is 11.5 Å². The van der Waals surface area contributed by atoms with E-state index < -0.39 is 47.2 Å². The first-order valence-corrected chi connectivity index (χ1v) is 20.8. The highest BCUT2D eigenvalue weighted by Gasteiger charge is 2.49. The van der Waals surface area contributed by atoms with Gasteiger partial charge in [0.2, 0.25) is 0 Å². The maximum atomic E-state index is 15.3. The van der Waals surface area contributed by atoms with Crippen LogP contribution in [0.25, 0.3) is 0 Å². The Morgan fingerprint density at radius 1 is 0.790 bits per heavy atom. The third-order valence-corrected chi connectivity index (χ3v) is 10.4. The first-order valence-electron chi connectivity index (χ1n) is 20.8. The number of rotatable bonds is 19. The summed E-state index contributed by atoms with van der Waals surface area (Å²) in [4.78, 5) is 27.7. The number of aliphatic hydroxyl groups is 1. The molecule has 1 saturated heterocycles. The van der Waals surface area contributed by atoms with Crippen LogP contribution in [-0.2, 0) is 47.7 Å². The number of carbonyl (C=O) groups is 2. The van der Waals surface area contributed by atoms with Gasteiger partial charge in [-0.05, 0) is 91.3 Å². The number of nitrogens with zero attached hydrogens (tertiary/aromatic N) is 2. The summed E-state index contributed by atoms with van der Waals surface area (Å²) < 4.78 is 54.0. The smallest absolute Gasteiger partial charge is 0.429 e. The lowest BCUT2D eigenvalue weighted by Gasteiger charge is -2.41. The minimum absolute atomic E-state index is 0.0177. The minimum Gasteiger partial charge on any atom is -0.489 e. The van der Waals surface area contributed by atoms with Gasteiger partial charge in [-0.15, -0.1) is 0 Å². The summed E-state index contributed by atoms with van der Waals surface area (Å²) in [5.74, 6) is -0.717. The molecule has 62 heavy (non-hydrogen) atoms. The van der Waals surface area contributed by atoms with Gasteiger partial charge in [-0.3, -0.25) is 0 Å². The fourth-order valence-corrected chi connectivity index (χ4v) is 7.15. The molecule has 1 heterocycles. The Kier molecular flexibility index (Phi) is 15.2. The summed E-state index contributed by atoms with van der Waals surface area (Å²) >= 11 is 0. The van der Waals surface area contributed by atoms with Gasteiger partial charge in [0.05, 0.1) is 18.8 Å². The van der Waals surface area contributed by atoms with E-state index in [2.05, 4.69) is 12.2 Å². The number of halogens is 2. The average molecular weight is 852 g/mol. The zero-order chi connectivity index (χ0) is 44.3. The van der Waals surface area contributed by atoms with Crippen molar-refractivity contribution in [1.82, 2.24) is 15.3 Å². The van der Waals surface area contributed by atoms with Crippen molar-refractivity contribution >= 4 is 12.2 Å². The minimum atomic E-state index is -1.57. The molecule has 328 valence electrons. The van der Waals surface area contributed by atoms with E-state index in [0.717, 1.165) is 38.7 Å². The first kappa shape index (κ1) is 45.5. The topological polar surface area (TPSA) is 133 Å². The molecule has 2 amide bonds. The molecule has 1 aliphatic rings. The van der Waals surface area contributed by atoms with E-state index in [9.17, 15) is 19.8 Å². The number of epoxide rings is 1. The number of nitrogens with one attached hydrogen (secondary N) is 1. The lowest BCUT2D eigenvalue weighted by molar-refractivity contribution is -0.0830. The van der Waals surface area contributed by atoms with Crippen molar-refractivity contribution in [2.45, 2.75) is 90.1 Å². The van der Waals surface area contributed by atoms with Gasteiger partial charge in [-0.25, -0.2) is 28.4 Å². The molecule has 3 unspecified atom stereocenters. The predicted molar refractivity (Wildman–Crippen MR) is 230 cm³/mol. The van der Waals surface area contributed by atoms with E-state index in [1.807, 2.05) is 84.9 Å². The molecule has 3 atom stereocenters. The van der Waals surface area contributed by atoms with Gasteiger partial charge in [-0.1, -0.05) is 91.9 Å². The van der Waals surface area contributed by atoms with Crippen molar-refractivity contribution in [3.8, 4) is 11.5 Å². The van der Waals surface area contributed by atoms with Crippen molar-refractivity contribution < 1.29 is 47.5 Å². The number of benzene rings is 5. The summed E-state index contributed by atoms with van der Waals surface area (Å²) in [6.45, 7) is 7.50. The van der Waals surface area contributed by atoms with Gasteiger partial charge in [0.1, 0.15) is 47.5 Å². The van der Waals surface area contributed by atoms with E-state index in [1.54, 1.807) is 32.9 Å². The Balaban J connectivity index is 1.29. The molecule has 1 aliphatic heterocycles. The van der Waals surface area contributed by atoms with Crippen LogP contribution in [0.1, 0.15) is 67.5 Å². The number of aliphatic hydroxyl groups excluding tert-OH is 1. The molecule has 3 N–H and O–H groups in total. The van der Waals surface area contributed by atoms with Crippen LogP contribution < -0.4 is 14.8 Å². The van der Waals surface area contributed by atoms with Gasteiger partial charge in [0.15, 0.2) is 0 Å². The maximum absolute atomic E-state index is 15.3. The molecule has 0 saturated carbocycles. The normalized spacial score (nSPS) is 15.6. The molecule has 0 aliphatic carbocycles. The van der Waals surface area contributed by atoms with Gasteiger partial charge >= 0.3 is 12.2 Å². The first-order chi connectivity index (χ1) is 29.7. The molecular formula is C49H55F2N3O8. The van der Waals surface area contributed by atoms with Crippen LogP contribution in [0.3, 0.4) is 0 Å². The van der Waals surface area contributed by atoms with Crippen LogP contribution in [0, 0.1) is 11.6 Å². The standard InChI is InChI=1S/C49H55F2N3O8/c1-5-34-17-12-18-37(21-34)29-52-30-45(55)44(24-38-22-40(50)27-42(23-38)59-31-35-13-8-6-9-14-35)54(46(56)57)53(47(58)62-48(2,3)4)20-19-49(33-61-49)39-25-41(51)28-43(26-39)60-32-36-15-10-7-11-16-36/h6-18,21-23,25-28,44-45,52,55H,5,19-20,24,29-33H2,1-4H3,(H,56,57). The molecule has 0 radical (unpaired) electrons. The molecule has 5 aromatic carbocycles. The van der Waals surface area contributed by atoms with E-state index in [-0.39, 0.29) is 57.3 Å². The number of hydrazine groups is 1. The SMILES string of the molecule is CCc1cccc(CNCC(O)C(Cc2cc(F)cc(OCc3ccccc3)c2)N(C(=O)O)N(CCC2(c3cc(F)cc(OCc4ccccc4)c3)CO2)C(=O)OC(C)(C)C)c1. The third-order valence-electron chi connectivity index (χ3n) is 10.4. The zero-order valence-corrected chi connectivity index (χ0v) is 35.6. The molecule has 6 rings (SSSR count). The molecule has 11 nitrogen and oxygen atoms in total.